The summed E-state index contributed by atoms with van der Waals surface area (Å²) < 4.78 is 32.2. The van der Waals surface area contributed by atoms with Crippen molar-refractivity contribution < 1.29 is 23.2 Å². The van der Waals surface area contributed by atoms with Gasteiger partial charge in [-0.05, 0) is 72.6 Å². The van der Waals surface area contributed by atoms with Crippen LogP contribution in [0.3, 0.4) is 0 Å². The zero-order chi connectivity index (χ0) is 20.8. The molecule has 1 aliphatic rings. The molecule has 0 atom stereocenters. The number of ether oxygens (including phenoxy) is 1. The summed E-state index contributed by atoms with van der Waals surface area (Å²) in [6, 6.07) is 3.28. The number of amides is 1. The van der Waals surface area contributed by atoms with E-state index in [4.69, 9.17) is 14.0 Å². The van der Waals surface area contributed by atoms with E-state index in [1.165, 1.54) is 11.0 Å². The Morgan fingerprint density at radius 2 is 1.70 bits per heavy atom. The number of rotatable bonds is 3. The van der Waals surface area contributed by atoms with E-state index in [1.54, 1.807) is 7.05 Å². The van der Waals surface area contributed by atoms with E-state index in [0.717, 1.165) is 5.56 Å². The standard InChI is InChI=1S/C20H31BFNO4/c1-13-10-14(12-23(9)17(24)25-18(2,3)4)11-15(22)16(13)21-26-19(5,6)20(7,8)27-21/h10-11H,12H2,1-9H3. The number of halogens is 1. The lowest BCUT2D eigenvalue weighted by molar-refractivity contribution is 0.00578. The molecule has 0 aliphatic carbocycles. The van der Waals surface area contributed by atoms with Crippen LogP contribution >= 0.6 is 0 Å². The first-order valence-corrected chi connectivity index (χ1v) is 9.21. The first-order valence-electron chi connectivity index (χ1n) is 9.21. The van der Waals surface area contributed by atoms with Gasteiger partial charge in [0.15, 0.2) is 0 Å². The minimum atomic E-state index is -0.757. The van der Waals surface area contributed by atoms with Gasteiger partial charge in [0.1, 0.15) is 11.4 Å². The first-order chi connectivity index (χ1) is 12.1. The second-order valence-electron chi connectivity index (χ2n) is 9.23. The lowest BCUT2D eigenvalue weighted by atomic mass is 9.75. The van der Waals surface area contributed by atoms with E-state index in [9.17, 15) is 9.18 Å². The minimum Gasteiger partial charge on any atom is -0.444 e. The molecule has 2 rings (SSSR count). The molecule has 0 spiro atoms. The maximum atomic E-state index is 14.9. The zero-order valence-electron chi connectivity index (χ0n) is 17.9. The quantitative estimate of drug-likeness (QED) is 0.750. The molecule has 150 valence electrons. The summed E-state index contributed by atoms with van der Waals surface area (Å²) in [6.45, 7) is 15.2. The van der Waals surface area contributed by atoms with Crippen LogP contribution in [0.4, 0.5) is 9.18 Å². The molecule has 0 N–H and O–H groups in total. The molecule has 7 heteroatoms. The average molecular weight is 379 g/mol. The van der Waals surface area contributed by atoms with Crippen molar-refractivity contribution in [3.05, 3.63) is 29.1 Å². The van der Waals surface area contributed by atoms with Gasteiger partial charge in [-0.15, -0.1) is 0 Å². The summed E-state index contributed by atoms with van der Waals surface area (Å²) in [6.07, 6.45) is -0.449. The lowest BCUT2D eigenvalue weighted by Crippen LogP contribution is -2.41. The van der Waals surface area contributed by atoms with Crippen molar-refractivity contribution in [2.24, 2.45) is 0 Å². The van der Waals surface area contributed by atoms with Gasteiger partial charge in [0.25, 0.3) is 0 Å². The summed E-state index contributed by atoms with van der Waals surface area (Å²) >= 11 is 0. The fraction of sp³-hybridized carbons (Fsp3) is 0.650. The van der Waals surface area contributed by atoms with Crippen molar-refractivity contribution in [2.45, 2.75) is 78.7 Å². The summed E-state index contributed by atoms with van der Waals surface area (Å²) in [5.74, 6) is -0.402. The van der Waals surface area contributed by atoms with Crippen LogP contribution in [0.5, 0.6) is 0 Å². The molecule has 1 heterocycles. The van der Waals surface area contributed by atoms with Crippen LogP contribution in [0, 0.1) is 12.7 Å². The molecule has 0 aromatic heterocycles. The van der Waals surface area contributed by atoms with Crippen molar-refractivity contribution in [3.8, 4) is 0 Å². The largest absolute Gasteiger partial charge is 0.498 e. The molecule has 1 aromatic carbocycles. The number of carbonyl (C=O) groups is 1. The summed E-state index contributed by atoms with van der Waals surface area (Å²) in [4.78, 5) is 13.5. The molecule has 0 radical (unpaired) electrons. The highest BCUT2D eigenvalue weighted by molar-refractivity contribution is 6.62. The van der Waals surface area contributed by atoms with Gasteiger partial charge in [0, 0.05) is 19.1 Å². The van der Waals surface area contributed by atoms with Gasteiger partial charge in [-0.1, -0.05) is 6.07 Å². The van der Waals surface area contributed by atoms with E-state index in [0.29, 0.717) is 11.0 Å². The smallest absolute Gasteiger partial charge is 0.444 e. The summed E-state index contributed by atoms with van der Waals surface area (Å²) in [7, 11) is 0.872. The Morgan fingerprint density at radius 1 is 1.19 bits per heavy atom. The van der Waals surface area contributed by atoms with E-state index in [-0.39, 0.29) is 6.54 Å². The SMILES string of the molecule is Cc1cc(CN(C)C(=O)OC(C)(C)C)cc(F)c1B1OC(C)(C)C(C)(C)O1. The van der Waals surface area contributed by atoms with Gasteiger partial charge < -0.3 is 18.9 Å². The minimum absolute atomic E-state index is 0.246. The van der Waals surface area contributed by atoms with Crippen molar-refractivity contribution >= 4 is 18.7 Å². The topological polar surface area (TPSA) is 48.0 Å². The Hall–Kier alpha value is -1.60. The van der Waals surface area contributed by atoms with E-state index >= 15 is 0 Å². The van der Waals surface area contributed by atoms with Gasteiger partial charge in [0.2, 0.25) is 0 Å². The third kappa shape index (κ3) is 4.82. The van der Waals surface area contributed by atoms with Crippen molar-refractivity contribution in [1.82, 2.24) is 4.90 Å². The fourth-order valence-corrected chi connectivity index (χ4v) is 2.86. The highest BCUT2D eigenvalue weighted by atomic mass is 19.1. The Kier molecular flexibility index (Phi) is 5.70. The van der Waals surface area contributed by atoms with Gasteiger partial charge >= 0.3 is 13.2 Å². The predicted molar refractivity (Wildman–Crippen MR) is 105 cm³/mol. The van der Waals surface area contributed by atoms with Crippen molar-refractivity contribution in [3.63, 3.8) is 0 Å². The monoisotopic (exact) mass is 379 g/mol. The molecule has 1 saturated heterocycles. The summed E-state index contributed by atoms with van der Waals surface area (Å²) in [5, 5.41) is 0. The zero-order valence-corrected chi connectivity index (χ0v) is 17.9. The molecular weight excluding hydrogens is 348 g/mol. The van der Waals surface area contributed by atoms with E-state index in [1.807, 2.05) is 61.5 Å². The summed E-state index contributed by atoms with van der Waals surface area (Å²) in [5.41, 5.74) is 0.155. The first kappa shape index (κ1) is 21.7. The van der Waals surface area contributed by atoms with E-state index in [2.05, 4.69) is 0 Å². The number of hydrogen-bond donors (Lipinski definition) is 0. The second kappa shape index (κ2) is 7.10. The molecule has 1 aromatic rings. The Morgan fingerprint density at radius 3 is 2.15 bits per heavy atom. The lowest BCUT2D eigenvalue weighted by Gasteiger charge is -2.32. The molecule has 0 unspecified atom stereocenters. The molecule has 1 aliphatic heterocycles. The van der Waals surface area contributed by atoms with Crippen LogP contribution in [0.25, 0.3) is 0 Å². The number of hydrogen-bond acceptors (Lipinski definition) is 4. The van der Waals surface area contributed by atoms with Crippen LogP contribution in [-0.4, -0.2) is 42.0 Å². The highest BCUT2D eigenvalue weighted by Crippen LogP contribution is 2.37. The Balaban J connectivity index is 2.19. The number of benzene rings is 1. The predicted octanol–water partition coefficient (Wildman–Crippen LogP) is 3.80. The average Bonchev–Trinajstić information content (AvgIpc) is 2.64. The number of aryl methyl sites for hydroxylation is 1. The van der Waals surface area contributed by atoms with Gasteiger partial charge in [-0.2, -0.15) is 0 Å². The van der Waals surface area contributed by atoms with E-state index < -0.39 is 35.8 Å². The third-order valence-electron chi connectivity index (χ3n) is 5.01. The molecule has 27 heavy (non-hydrogen) atoms. The second-order valence-corrected chi connectivity index (χ2v) is 9.23. The van der Waals surface area contributed by atoms with Gasteiger partial charge in [-0.3, -0.25) is 0 Å². The van der Waals surface area contributed by atoms with Crippen LogP contribution in [0.1, 0.15) is 59.6 Å². The Labute approximate surface area is 162 Å². The number of nitrogens with zero attached hydrogens (tertiary/aromatic N) is 1. The molecule has 1 amide bonds. The van der Waals surface area contributed by atoms with Crippen molar-refractivity contribution in [1.29, 1.82) is 0 Å². The van der Waals surface area contributed by atoms with Crippen LogP contribution < -0.4 is 5.46 Å². The maximum Gasteiger partial charge on any atom is 0.498 e. The maximum absolute atomic E-state index is 14.9. The molecule has 1 fully saturated rings. The third-order valence-corrected chi connectivity index (χ3v) is 5.01. The fourth-order valence-electron chi connectivity index (χ4n) is 2.86. The van der Waals surface area contributed by atoms with Crippen molar-refractivity contribution in [2.75, 3.05) is 7.05 Å². The van der Waals surface area contributed by atoms with Gasteiger partial charge in [-0.25, -0.2) is 9.18 Å². The number of carbonyl (C=O) groups excluding carboxylic acids is 1. The normalized spacial score (nSPS) is 18.5. The van der Waals surface area contributed by atoms with Gasteiger partial charge in [0.05, 0.1) is 11.2 Å². The molecule has 0 saturated carbocycles. The van der Waals surface area contributed by atoms with Crippen LogP contribution in [0.15, 0.2) is 12.1 Å². The molecular formula is C20H31BFNO4. The van der Waals surface area contributed by atoms with Crippen LogP contribution in [0.2, 0.25) is 0 Å². The molecule has 5 nitrogen and oxygen atoms in total. The van der Waals surface area contributed by atoms with Crippen LogP contribution in [-0.2, 0) is 20.6 Å². The highest BCUT2D eigenvalue weighted by Gasteiger charge is 2.52. The Bertz CT molecular complexity index is 688. The molecule has 0 bridgehead atoms.